The fourth-order valence-electron chi connectivity index (χ4n) is 4.09. The molecule has 6 nitrogen and oxygen atoms in total. The predicted molar refractivity (Wildman–Crippen MR) is 119 cm³/mol. The van der Waals surface area contributed by atoms with Gasteiger partial charge in [0.1, 0.15) is 9.71 Å². The highest BCUT2D eigenvalue weighted by molar-refractivity contribution is 7.20. The van der Waals surface area contributed by atoms with Crippen molar-refractivity contribution in [3.63, 3.8) is 0 Å². The Morgan fingerprint density at radius 2 is 1.87 bits per heavy atom. The molecule has 8 heteroatoms. The van der Waals surface area contributed by atoms with Crippen LogP contribution in [0.25, 0.3) is 15.9 Å². The molecule has 0 N–H and O–H groups in total. The highest BCUT2D eigenvalue weighted by Crippen LogP contribution is 2.31. The Bertz CT molecular complexity index is 1080. The number of hydrogen-bond donors (Lipinski definition) is 0. The molecule has 1 aliphatic rings. The summed E-state index contributed by atoms with van der Waals surface area (Å²) in [7, 11) is 0. The number of carbonyl (C=O) groups excluding carboxylic acids is 2. The molecule has 0 saturated carbocycles. The first-order valence-electron chi connectivity index (χ1n) is 10.1. The number of carbonyl (C=O) groups is 2. The maximum atomic E-state index is 12.6. The van der Waals surface area contributed by atoms with E-state index in [4.69, 9.17) is 16.3 Å². The lowest BCUT2D eigenvalue weighted by atomic mass is 9.97. The van der Waals surface area contributed by atoms with Crippen molar-refractivity contribution in [2.45, 2.75) is 52.1 Å². The van der Waals surface area contributed by atoms with E-state index in [0.29, 0.717) is 9.90 Å². The van der Waals surface area contributed by atoms with Crippen molar-refractivity contribution >= 4 is 45.0 Å². The molecule has 3 aromatic rings. The fraction of sp³-hybridized carbons (Fsp3) is 0.409. The summed E-state index contributed by atoms with van der Waals surface area (Å²) in [6.07, 6.45) is 3.10. The standard InChI is InChI=1S/C22H24ClN3O3S/c1-13-5-4-6-14(2)25(13)20(27)12-29-22(28)19-11-18-15(3)24-26(21(18)30-19)17-9-7-16(23)8-10-17/h7-11,13-14H,4-6,12H2,1-3H3. The van der Waals surface area contributed by atoms with E-state index in [1.165, 1.54) is 11.3 Å². The van der Waals surface area contributed by atoms with E-state index in [0.717, 1.165) is 40.9 Å². The Hall–Kier alpha value is -2.38. The van der Waals surface area contributed by atoms with Crippen molar-refractivity contribution in [1.82, 2.24) is 14.7 Å². The molecule has 1 saturated heterocycles. The third-order valence-electron chi connectivity index (χ3n) is 5.63. The summed E-state index contributed by atoms with van der Waals surface area (Å²) in [6.45, 7) is 5.77. The fourth-order valence-corrected chi connectivity index (χ4v) is 5.29. The maximum Gasteiger partial charge on any atom is 0.348 e. The van der Waals surface area contributed by atoms with Gasteiger partial charge >= 0.3 is 5.97 Å². The number of thiophene rings is 1. The van der Waals surface area contributed by atoms with Crippen molar-refractivity contribution < 1.29 is 14.3 Å². The van der Waals surface area contributed by atoms with E-state index < -0.39 is 5.97 Å². The molecule has 2 atom stereocenters. The van der Waals surface area contributed by atoms with Crippen molar-refractivity contribution in [2.24, 2.45) is 0 Å². The number of fused-ring (bicyclic) bond motifs is 1. The molecule has 0 radical (unpaired) electrons. The average Bonchev–Trinajstić information content (AvgIpc) is 3.27. The first kappa shape index (κ1) is 20.9. The molecule has 1 amide bonds. The molecule has 1 aliphatic heterocycles. The van der Waals surface area contributed by atoms with Gasteiger partial charge in [-0.1, -0.05) is 11.6 Å². The minimum Gasteiger partial charge on any atom is -0.451 e. The second-order valence-corrected chi connectivity index (χ2v) is 9.28. The molecule has 158 valence electrons. The monoisotopic (exact) mass is 445 g/mol. The summed E-state index contributed by atoms with van der Waals surface area (Å²) < 4.78 is 7.17. The Kier molecular flexibility index (Phi) is 5.84. The minimum absolute atomic E-state index is 0.132. The van der Waals surface area contributed by atoms with Gasteiger partial charge in [-0.05, 0) is 70.4 Å². The first-order chi connectivity index (χ1) is 14.3. The molecule has 1 fully saturated rings. The van der Waals surface area contributed by atoms with Crippen LogP contribution in [0.1, 0.15) is 48.5 Å². The largest absolute Gasteiger partial charge is 0.451 e. The topological polar surface area (TPSA) is 64.4 Å². The van der Waals surface area contributed by atoms with Crippen LogP contribution in [0.2, 0.25) is 5.02 Å². The van der Waals surface area contributed by atoms with Gasteiger partial charge in [-0.3, -0.25) is 4.79 Å². The van der Waals surface area contributed by atoms with Crippen LogP contribution in [0, 0.1) is 6.92 Å². The normalized spacial score (nSPS) is 19.3. The summed E-state index contributed by atoms with van der Waals surface area (Å²) in [5, 5.41) is 6.12. The lowest BCUT2D eigenvalue weighted by molar-refractivity contribution is -0.140. The highest BCUT2D eigenvalue weighted by Gasteiger charge is 2.29. The number of esters is 1. The lowest BCUT2D eigenvalue weighted by Gasteiger charge is -2.38. The SMILES string of the molecule is Cc1nn(-c2ccc(Cl)cc2)c2sc(C(=O)OCC(=O)N3C(C)CCCC3C)cc12. The van der Waals surface area contributed by atoms with Gasteiger partial charge in [0.15, 0.2) is 6.61 Å². The van der Waals surface area contributed by atoms with Gasteiger partial charge in [-0.25, -0.2) is 9.48 Å². The van der Waals surface area contributed by atoms with Crippen molar-refractivity contribution in [3.05, 3.63) is 45.9 Å². The van der Waals surface area contributed by atoms with Crippen molar-refractivity contribution in [3.8, 4) is 5.69 Å². The molecule has 3 heterocycles. The summed E-state index contributed by atoms with van der Waals surface area (Å²) in [6, 6.07) is 9.51. The zero-order valence-corrected chi connectivity index (χ0v) is 18.8. The average molecular weight is 446 g/mol. The second kappa shape index (κ2) is 8.40. The Morgan fingerprint density at radius 1 is 1.20 bits per heavy atom. The van der Waals surface area contributed by atoms with Gasteiger partial charge in [-0.2, -0.15) is 5.10 Å². The minimum atomic E-state index is -0.482. The Balaban J connectivity index is 1.51. The van der Waals surface area contributed by atoms with Crippen LogP contribution >= 0.6 is 22.9 Å². The van der Waals surface area contributed by atoms with Gasteiger partial charge in [-0.15, -0.1) is 11.3 Å². The van der Waals surface area contributed by atoms with E-state index in [2.05, 4.69) is 5.10 Å². The van der Waals surface area contributed by atoms with Gasteiger partial charge < -0.3 is 9.64 Å². The smallest absolute Gasteiger partial charge is 0.348 e. The van der Waals surface area contributed by atoms with Crippen LogP contribution in [0.15, 0.2) is 30.3 Å². The number of nitrogens with zero attached hydrogens (tertiary/aromatic N) is 3. The van der Waals surface area contributed by atoms with Gasteiger partial charge in [0.2, 0.25) is 0 Å². The first-order valence-corrected chi connectivity index (χ1v) is 11.3. The molecule has 0 bridgehead atoms. The van der Waals surface area contributed by atoms with Gasteiger partial charge in [0, 0.05) is 22.5 Å². The summed E-state index contributed by atoms with van der Waals surface area (Å²) >= 11 is 7.29. The number of halogens is 1. The van der Waals surface area contributed by atoms with E-state index in [1.54, 1.807) is 22.9 Å². The molecule has 1 aromatic carbocycles. The van der Waals surface area contributed by atoms with E-state index in [-0.39, 0.29) is 24.6 Å². The molecule has 0 aliphatic carbocycles. The third kappa shape index (κ3) is 3.96. The molecule has 0 spiro atoms. The van der Waals surface area contributed by atoms with Crippen LogP contribution in [0.4, 0.5) is 0 Å². The number of rotatable bonds is 4. The number of hydrogen-bond acceptors (Lipinski definition) is 5. The lowest BCUT2D eigenvalue weighted by Crippen LogP contribution is -2.49. The summed E-state index contributed by atoms with van der Waals surface area (Å²) in [5.41, 5.74) is 1.69. The van der Waals surface area contributed by atoms with Crippen LogP contribution in [-0.2, 0) is 9.53 Å². The molecule has 2 unspecified atom stereocenters. The van der Waals surface area contributed by atoms with Crippen molar-refractivity contribution in [2.75, 3.05) is 6.61 Å². The predicted octanol–water partition coefficient (Wildman–Crippen LogP) is 5.00. The zero-order valence-electron chi connectivity index (χ0n) is 17.2. The highest BCUT2D eigenvalue weighted by atomic mass is 35.5. The number of piperidine rings is 1. The third-order valence-corrected chi connectivity index (χ3v) is 6.97. The molecular weight excluding hydrogens is 422 g/mol. The van der Waals surface area contributed by atoms with Crippen LogP contribution in [-0.4, -0.2) is 45.2 Å². The molecular formula is C22H24ClN3O3S. The van der Waals surface area contributed by atoms with E-state index in [1.807, 2.05) is 37.8 Å². The van der Waals surface area contributed by atoms with Gasteiger partial charge in [0.25, 0.3) is 5.91 Å². The number of aryl methyl sites for hydroxylation is 1. The molecule has 30 heavy (non-hydrogen) atoms. The quantitative estimate of drug-likeness (QED) is 0.530. The summed E-state index contributed by atoms with van der Waals surface area (Å²) in [4.78, 5) is 28.4. The molecule has 4 rings (SSSR count). The van der Waals surface area contributed by atoms with E-state index >= 15 is 0 Å². The molecule has 2 aromatic heterocycles. The van der Waals surface area contributed by atoms with Crippen LogP contribution in [0.5, 0.6) is 0 Å². The summed E-state index contributed by atoms with van der Waals surface area (Å²) in [5.74, 6) is -0.614. The number of likely N-dealkylation sites (tertiary alicyclic amines) is 1. The van der Waals surface area contributed by atoms with E-state index in [9.17, 15) is 9.59 Å². The van der Waals surface area contributed by atoms with Crippen LogP contribution < -0.4 is 0 Å². The zero-order chi connectivity index (χ0) is 21.4. The number of benzene rings is 1. The maximum absolute atomic E-state index is 12.6. The van der Waals surface area contributed by atoms with Gasteiger partial charge in [0.05, 0.1) is 11.4 Å². The van der Waals surface area contributed by atoms with Crippen molar-refractivity contribution in [1.29, 1.82) is 0 Å². The number of amides is 1. The number of aromatic nitrogens is 2. The second-order valence-electron chi connectivity index (χ2n) is 7.81. The Labute approximate surface area is 184 Å². The Morgan fingerprint density at radius 3 is 2.53 bits per heavy atom. The van der Waals surface area contributed by atoms with Crippen LogP contribution in [0.3, 0.4) is 0 Å². The number of ether oxygens (including phenoxy) is 1.